The lowest BCUT2D eigenvalue weighted by atomic mass is 10.2. The van der Waals surface area contributed by atoms with Crippen LogP contribution in [0, 0.1) is 0 Å². The van der Waals surface area contributed by atoms with Gasteiger partial charge in [-0.05, 0) is 34.5 Å². The highest BCUT2D eigenvalue weighted by atomic mass is 32.1. The summed E-state index contributed by atoms with van der Waals surface area (Å²) in [6.07, 6.45) is 0. The highest BCUT2D eigenvalue weighted by molar-refractivity contribution is 7.07. The summed E-state index contributed by atoms with van der Waals surface area (Å²) in [6, 6.07) is 7.44. The molecule has 0 saturated carbocycles. The standard InChI is InChI=1S/C18H23N3O3S/c1-23-16-4-3-15(11-17(16)24-2)19-18(22)21-8-6-20(7-9-21)12-14-5-10-25-13-14/h3-5,10-11,13H,6-9,12H2,1-2H3,(H,19,22). The minimum atomic E-state index is -0.0811. The monoisotopic (exact) mass is 361 g/mol. The third kappa shape index (κ3) is 4.43. The van der Waals surface area contributed by atoms with Gasteiger partial charge in [-0.25, -0.2) is 4.79 Å². The van der Waals surface area contributed by atoms with Crippen LogP contribution in [0.25, 0.3) is 0 Å². The Bertz CT molecular complexity index is 698. The molecule has 7 heteroatoms. The number of hydrogen-bond acceptors (Lipinski definition) is 5. The highest BCUT2D eigenvalue weighted by Crippen LogP contribution is 2.29. The van der Waals surface area contributed by atoms with E-state index in [4.69, 9.17) is 9.47 Å². The van der Waals surface area contributed by atoms with Crippen molar-refractivity contribution in [1.82, 2.24) is 9.80 Å². The third-order valence-electron chi connectivity index (χ3n) is 4.28. The van der Waals surface area contributed by atoms with Crippen LogP contribution in [0.3, 0.4) is 0 Å². The lowest BCUT2D eigenvalue weighted by molar-refractivity contribution is 0.143. The zero-order valence-corrected chi connectivity index (χ0v) is 15.3. The fourth-order valence-electron chi connectivity index (χ4n) is 2.87. The molecule has 0 spiro atoms. The number of anilines is 1. The average molecular weight is 361 g/mol. The van der Waals surface area contributed by atoms with Gasteiger partial charge in [0.15, 0.2) is 11.5 Å². The molecular weight excluding hydrogens is 338 g/mol. The Morgan fingerprint density at radius 3 is 2.52 bits per heavy atom. The molecule has 25 heavy (non-hydrogen) atoms. The molecule has 0 atom stereocenters. The molecule has 6 nitrogen and oxygen atoms in total. The van der Waals surface area contributed by atoms with Crippen LogP contribution in [0.15, 0.2) is 35.0 Å². The average Bonchev–Trinajstić information content (AvgIpc) is 3.15. The quantitative estimate of drug-likeness (QED) is 0.889. The van der Waals surface area contributed by atoms with Crippen LogP contribution in [0.1, 0.15) is 5.56 Å². The molecule has 3 rings (SSSR count). The van der Waals surface area contributed by atoms with E-state index >= 15 is 0 Å². The van der Waals surface area contributed by atoms with Gasteiger partial charge in [-0.15, -0.1) is 0 Å². The summed E-state index contributed by atoms with van der Waals surface area (Å²) in [5, 5.41) is 7.21. The van der Waals surface area contributed by atoms with Gasteiger partial charge >= 0.3 is 6.03 Å². The molecule has 1 saturated heterocycles. The Labute approximate surface area is 152 Å². The predicted molar refractivity (Wildman–Crippen MR) is 99.7 cm³/mol. The van der Waals surface area contributed by atoms with Crippen molar-refractivity contribution in [2.75, 3.05) is 45.7 Å². The minimum absolute atomic E-state index is 0.0811. The molecule has 1 aliphatic heterocycles. The number of piperazine rings is 1. The molecule has 2 aromatic rings. The molecule has 2 heterocycles. The van der Waals surface area contributed by atoms with E-state index in [1.165, 1.54) is 5.56 Å². The second-order valence-corrected chi connectivity index (χ2v) is 6.67. The number of nitrogens with zero attached hydrogens (tertiary/aromatic N) is 2. The maximum atomic E-state index is 12.5. The Morgan fingerprint density at radius 1 is 1.12 bits per heavy atom. The van der Waals surface area contributed by atoms with Crippen LogP contribution in [0.5, 0.6) is 11.5 Å². The predicted octanol–water partition coefficient (Wildman–Crippen LogP) is 3.12. The van der Waals surface area contributed by atoms with Crippen molar-refractivity contribution in [2.45, 2.75) is 6.54 Å². The first-order valence-electron chi connectivity index (χ1n) is 8.21. The second-order valence-electron chi connectivity index (χ2n) is 5.89. The van der Waals surface area contributed by atoms with E-state index in [9.17, 15) is 4.79 Å². The molecule has 0 bridgehead atoms. The van der Waals surface area contributed by atoms with Crippen LogP contribution in [-0.2, 0) is 6.54 Å². The number of hydrogen-bond donors (Lipinski definition) is 1. The molecular formula is C18H23N3O3S. The summed E-state index contributed by atoms with van der Waals surface area (Å²) < 4.78 is 10.5. The van der Waals surface area contributed by atoms with Crippen LogP contribution in [-0.4, -0.2) is 56.2 Å². The fourth-order valence-corrected chi connectivity index (χ4v) is 3.53. The van der Waals surface area contributed by atoms with Gasteiger partial charge in [-0.1, -0.05) is 0 Å². The first kappa shape index (κ1) is 17.6. The van der Waals surface area contributed by atoms with Crippen LogP contribution in [0.2, 0.25) is 0 Å². The summed E-state index contributed by atoms with van der Waals surface area (Å²) in [7, 11) is 3.17. The number of amides is 2. The largest absolute Gasteiger partial charge is 0.493 e. The van der Waals surface area contributed by atoms with E-state index < -0.39 is 0 Å². The molecule has 1 aromatic carbocycles. The summed E-state index contributed by atoms with van der Waals surface area (Å²) in [6.45, 7) is 4.17. The van der Waals surface area contributed by atoms with Gasteiger partial charge in [0.2, 0.25) is 0 Å². The zero-order chi connectivity index (χ0) is 17.6. The van der Waals surface area contributed by atoms with E-state index in [0.29, 0.717) is 17.2 Å². The van der Waals surface area contributed by atoms with Crippen molar-refractivity contribution < 1.29 is 14.3 Å². The van der Waals surface area contributed by atoms with Crippen molar-refractivity contribution in [3.8, 4) is 11.5 Å². The van der Waals surface area contributed by atoms with Gasteiger partial charge in [0.05, 0.1) is 14.2 Å². The first-order chi connectivity index (χ1) is 12.2. The van der Waals surface area contributed by atoms with Crippen LogP contribution < -0.4 is 14.8 Å². The molecule has 1 N–H and O–H groups in total. The molecule has 134 valence electrons. The summed E-state index contributed by atoms with van der Waals surface area (Å²) in [5.74, 6) is 1.24. The Balaban J connectivity index is 1.52. The van der Waals surface area contributed by atoms with E-state index in [1.807, 2.05) is 11.0 Å². The fraction of sp³-hybridized carbons (Fsp3) is 0.389. The molecule has 2 amide bonds. The Morgan fingerprint density at radius 2 is 1.88 bits per heavy atom. The number of ether oxygens (including phenoxy) is 2. The van der Waals surface area contributed by atoms with Gasteiger partial charge in [-0.2, -0.15) is 11.3 Å². The van der Waals surface area contributed by atoms with E-state index in [2.05, 4.69) is 27.0 Å². The second kappa shape index (κ2) is 8.22. The lowest BCUT2D eigenvalue weighted by Crippen LogP contribution is -2.49. The topological polar surface area (TPSA) is 54.0 Å². The van der Waals surface area contributed by atoms with Crippen molar-refractivity contribution in [3.05, 3.63) is 40.6 Å². The van der Waals surface area contributed by atoms with Crippen LogP contribution >= 0.6 is 11.3 Å². The minimum Gasteiger partial charge on any atom is -0.493 e. The highest BCUT2D eigenvalue weighted by Gasteiger charge is 2.21. The van der Waals surface area contributed by atoms with Gasteiger partial charge in [0, 0.05) is 44.5 Å². The summed E-state index contributed by atoms with van der Waals surface area (Å²) in [4.78, 5) is 16.7. The van der Waals surface area contributed by atoms with Gasteiger partial charge in [0.25, 0.3) is 0 Å². The van der Waals surface area contributed by atoms with Crippen molar-refractivity contribution in [3.63, 3.8) is 0 Å². The number of benzene rings is 1. The molecule has 1 aromatic heterocycles. The maximum absolute atomic E-state index is 12.5. The number of thiophene rings is 1. The summed E-state index contributed by atoms with van der Waals surface area (Å²) in [5.41, 5.74) is 2.04. The SMILES string of the molecule is COc1ccc(NC(=O)N2CCN(Cc3ccsc3)CC2)cc1OC. The zero-order valence-electron chi connectivity index (χ0n) is 14.5. The smallest absolute Gasteiger partial charge is 0.321 e. The van der Waals surface area contributed by atoms with E-state index in [-0.39, 0.29) is 6.03 Å². The Hall–Kier alpha value is -2.25. The van der Waals surface area contributed by atoms with E-state index in [0.717, 1.165) is 32.7 Å². The van der Waals surface area contributed by atoms with Gasteiger partial charge < -0.3 is 19.7 Å². The normalized spacial score (nSPS) is 15.0. The van der Waals surface area contributed by atoms with Crippen molar-refractivity contribution in [1.29, 1.82) is 0 Å². The third-order valence-corrected chi connectivity index (χ3v) is 5.01. The number of methoxy groups -OCH3 is 2. The van der Waals surface area contributed by atoms with Crippen molar-refractivity contribution in [2.24, 2.45) is 0 Å². The number of nitrogens with one attached hydrogen (secondary N) is 1. The molecule has 1 aliphatic rings. The number of urea groups is 1. The van der Waals surface area contributed by atoms with Gasteiger partial charge in [-0.3, -0.25) is 4.90 Å². The first-order valence-corrected chi connectivity index (χ1v) is 9.15. The van der Waals surface area contributed by atoms with Crippen molar-refractivity contribution >= 4 is 23.1 Å². The number of carbonyl (C=O) groups excluding carboxylic acids is 1. The molecule has 0 aliphatic carbocycles. The van der Waals surface area contributed by atoms with Crippen LogP contribution in [0.4, 0.5) is 10.5 Å². The van der Waals surface area contributed by atoms with Gasteiger partial charge in [0.1, 0.15) is 0 Å². The molecule has 0 radical (unpaired) electrons. The molecule has 1 fully saturated rings. The number of rotatable bonds is 5. The summed E-state index contributed by atoms with van der Waals surface area (Å²) >= 11 is 1.72. The Kier molecular flexibility index (Phi) is 5.78. The lowest BCUT2D eigenvalue weighted by Gasteiger charge is -2.34. The maximum Gasteiger partial charge on any atom is 0.321 e. The number of carbonyl (C=O) groups is 1. The molecule has 0 unspecified atom stereocenters. The van der Waals surface area contributed by atoms with E-state index in [1.54, 1.807) is 37.7 Å².